The highest BCUT2D eigenvalue weighted by Crippen LogP contribution is 2.26. The van der Waals surface area contributed by atoms with Crippen molar-refractivity contribution in [1.82, 2.24) is 9.97 Å². The van der Waals surface area contributed by atoms with E-state index in [4.69, 9.17) is 0 Å². The first-order valence-corrected chi connectivity index (χ1v) is 6.35. The van der Waals surface area contributed by atoms with Crippen LogP contribution in [0.4, 0.5) is 11.6 Å². The molecule has 0 aliphatic heterocycles. The number of rotatable bonds is 2. The second-order valence-corrected chi connectivity index (χ2v) is 4.71. The van der Waals surface area contributed by atoms with Crippen molar-refractivity contribution in [3.05, 3.63) is 59.2 Å². The number of para-hydroxylation sites is 1. The first-order valence-electron chi connectivity index (χ1n) is 5.56. The van der Waals surface area contributed by atoms with Crippen LogP contribution in [0.3, 0.4) is 0 Å². The van der Waals surface area contributed by atoms with Gasteiger partial charge in [-0.25, -0.2) is 9.97 Å². The molecule has 1 N–H and O–H groups in total. The zero-order valence-corrected chi connectivity index (χ0v) is 11.1. The van der Waals surface area contributed by atoms with Crippen molar-refractivity contribution in [2.24, 2.45) is 0 Å². The van der Waals surface area contributed by atoms with Crippen molar-refractivity contribution in [2.45, 2.75) is 0 Å². The lowest BCUT2D eigenvalue weighted by atomic mass is 10.2. The van der Waals surface area contributed by atoms with Crippen LogP contribution in [-0.4, -0.2) is 9.97 Å². The molecule has 0 unspecified atom stereocenters. The molecule has 0 aliphatic rings. The SMILES string of the molecule is Brc1cc2ccccc2nc1Nc1ccccn1. The fraction of sp³-hybridized carbons (Fsp3) is 0. The molecular weight excluding hydrogens is 290 g/mol. The van der Waals surface area contributed by atoms with Gasteiger partial charge >= 0.3 is 0 Å². The van der Waals surface area contributed by atoms with Crippen LogP contribution in [0.25, 0.3) is 10.9 Å². The molecule has 3 aromatic rings. The maximum absolute atomic E-state index is 4.57. The Hall–Kier alpha value is -1.94. The normalized spacial score (nSPS) is 10.5. The van der Waals surface area contributed by atoms with Gasteiger partial charge in [-0.15, -0.1) is 0 Å². The lowest BCUT2D eigenvalue weighted by Gasteiger charge is -2.08. The molecule has 1 aromatic carbocycles. The molecule has 0 saturated heterocycles. The summed E-state index contributed by atoms with van der Waals surface area (Å²) in [6.07, 6.45) is 1.75. The van der Waals surface area contributed by atoms with Crippen molar-refractivity contribution >= 4 is 38.5 Å². The van der Waals surface area contributed by atoms with Gasteiger partial charge in [-0.2, -0.15) is 0 Å². The molecule has 0 radical (unpaired) electrons. The van der Waals surface area contributed by atoms with Crippen molar-refractivity contribution in [3.8, 4) is 0 Å². The molecule has 0 atom stereocenters. The summed E-state index contributed by atoms with van der Waals surface area (Å²) in [5, 5.41) is 4.30. The number of hydrogen-bond acceptors (Lipinski definition) is 3. The van der Waals surface area contributed by atoms with E-state index in [1.807, 2.05) is 48.5 Å². The van der Waals surface area contributed by atoms with Crippen LogP contribution in [0, 0.1) is 0 Å². The van der Waals surface area contributed by atoms with Crippen LogP contribution in [0.5, 0.6) is 0 Å². The summed E-state index contributed by atoms with van der Waals surface area (Å²) in [6, 6.07) is 15.8. The molecule has 2 aromatic heterocycles. The summed E-state index contributed by atoms with van der Waals surface area (Å²) in [6.45, 7) is 0. The molecule has 3 nitrogen and oxygen atoms in total. The van der Waals surface area contributed by atoms with Crippen LogP contribution in [-0.2, 0) is 0 Å². The second kappa shape index (κ2) is 4.74. The van der Waals surface area contributed by atoms with Crippen molar-refractivity contribution < 1.29 is 0 Å². The molecule has 0 saturated carbocycles. The molecule has 0 bridgehead atoms. The largest absolute Gasteiger partial charge is 0.324 e. The van der Waals surface area contributed by atoms with Crippen LogP contribution in [0.15, 0.2) is 59.2 Å². The van der Waals surface area contributed by atoms with E-state index in [1.165, 1.54) is 0 Å². The minimum atomic E-state index is 0.771. The van der Waals surface area contributed by atoms with Gasteiger partial charge in [-0.3, -0.25) is 0 Å². The molecular formula is C14H10BrN3. The van der Waals surface area contributed by atoms with Crippen LogP contribution in [0.1, 0.15) is 0 Å². The molecule has 2 heterocycles. The fourth-order valence-corrected chi connectivity index (χ4v) is 2.17. The third-order valence-corrected chi connectivity index (χ3v) is 3.19. The van der Waals surface area contributed by atoms with Gasteiger partial charge in [0.1, 0.15) is 11.6 Å². The van der Waals surface area contributed by atoms with Gasteiger partial charge < -0.3 is 5.32 Å². The standard InChI is InChI=1S/C14H10BrN3/c15-11-9-10-5-1-2-6-12(10)17-14(11)18-13-7-3-4-8-16-13/h1-9H,(H,16,17,18). The van der Waals surface area contributed by atoms with Gasteiger partial charge in [0.25, 0.3) is 0 Å². The fourth-order valence-electron chi connectivity index (χ4n) is 1.74. The van der Waals surface area contributed by atoms with E-state index in [1.54, 1.807) is 6.20 Å². The predicted molar refractivity (Wildman–Crippen MR) is 77.0 cm³/mol. The van der Waals surface area contributed by atoms with Gasteiger partial charge in [0.2, 0.25) is 0 Å². The van der Waals surface area contributed by atoms with Crippen LogP contribution in [0.2, 0.25) is 0 Å². The van der Waals surface area contributed by atoms with E-state index in [9.17, 15) is 0 Å². The van der Waals surface area contributed by atoms with Gasteiger partial charge in [0.15, 0.2) is 0 Å². The molecule has 0 fully saturated rings. The summed E-state index contributed by atoms with van der Waals surface area (Å²) in [4.78, 5) is 8.80. The minimum absolute atomic E-state index is 0.771. The number of anilines is 2. The van der Waals surface area contributed by atoms with E-state index in [-0.39, 0.29) is 0 Å². The quantitative estimate of drug-likeness (QED) is 0.773. The summed E-state index contributed by atoms with van der Waals surface area (Å²) >= 11 is 3.52. The van der Waals surface area contributed by atoms with Crippen LogP contribution < -0.4 is 5.32 Å². The summed E-state index contributed by atoms with van der Waals surface area (Å²) < 4.78 is 0.923. The molecule has 0 aliphatic carbocycles. The Morgan fingerprint density at radius 1 is 1.00 bits per heavy atom. The average Bonchev–Trinajstić information content (AvgIpc) is 2.41. The molecule has 3 rings (SSSR count). The zero-order chi connectivity index (χ0) is 12.4. The molecule has 0 spiro atoms. The number of fused-ring (bicyclic) bond motifs is 1. The highest BCUT2D eigenvalue weighted by Gasteiger charge is 2.04. The third-order valence-electron chi connectivity index (χ3n) is 2.59. The first kappa shape index (κ1) is 11.2. The highest BCUT2D eigenvalue weighted by atomic mass is 79.9. The summed E-state index contributed by atoms with van der Waals surface area (Å²) in [7, 11) is 0. The van der Waals surface area contributed by atoms with E-state index < -0.39 is 0 Å². The Balaban J connectivity index is 2.04. The second-order valence-electron chi connectivity index (χ2n) is 3.85. The number of benzene rings is 1. The molecule has 18 heavy (non-hydrogen) atoms. The highest BCUT2D eigenvalue weighted by molar-refractivity contribution is 9.10. The Morgan fingerprint density at radius 2 is 1.83 bits per heavy atom. The maximum Gasteiger partial charge on any atom is 0.146 e. The third kappa shape index (κ3) is 2.19. The van der Waals surface area contributed by atoms with Crippen molar-refractivity contribution in [1.29, 1.82) is 0 Å². The Labute approximate surface area is 113 Å². The maximum atomic E-state index is 4.57. The first-order chi connectivity index (χ1) is 8.83. The predicted octanol–water partition coefficient (Wildman–Crippen LogP) is 4.14. The topological polar surface area (TPSA) is 37.8 Å². The van der Waals surface area contributed by atoms with E-state index in [2.05, 4.69) is 31.2 Å². The number of halogens is 1. The lowest BCUT2D eigenvalue weighted by Crippen LogP contribution is -1.96. The minimum Gasteiger partial charge on any atom is -0.324 e. The van der Waals surface area contributed by atoms with Gasteiger partial charge in [0, 0.05) is 11.6 Å². The Bertz CT molecular complexity index is 683. The molecule has 4 heteroatoms. The average molecular weight is 300 g/mol. The molecule has 0 amide bonds. The van der Waals surface area contributed by atoms with Gasteiger partial charge in [-0.05, 0) is 40.2 Å². The monoisotopic (exact) mass is 299 g/mol. The van der Waals surface area contributed by atoms with Crippen molar-refractivity contribution in [3.63, 3.8) is 0 Å². The smallest absolute Gasteiger partial charge is 0.146 e. The number of pyridine rings is 2. The summed E-state index contributed by atoms with van der Waals surface area (Å²) in [5.41, 5.74) is 0.958. The number of nitrogens with zero attached hydrogens (tertiary/aromatic N) is 2. The lowest BCUT2D eigenvalue weighted by molar-refractivity contribution is 1.27. The van der Waals surface area contributed by atoms with Gasteiger partial charge in [-0.1, -0.05) is 24.3 Å². The number of nitrogens with one attached hydrogen (secondary N) is 1. The molecule has 88 valence electrons. The van der Waals surface area contributed by atoms with E-state index in [0.29, 0.717) is 0 Å². The van der Waals surface area contributed by atoms with E-state index in [0.717, 1.165) is 27.0 Å². The Kier molecular flexibility index (Phi) is 2.94. The van der Waals surface area contributed by atoms with Crippen LogP contribution >= 0.6 is 15.9 Å². The summed E-state index contributed by atoms with van der Waals surface area (Å²) in [5.74, 6) is 1.55. The van der Waals surface area contributed by atoms with E-state index >= 15 is 0 Å². The Morgan fingerprint density at radius 3 is 2.67 bits per heavy atom. The number of hydrogen-bond donors (Lipinski definition) is 1. The number of aromatic nitrogens is 2. The van der Waals surface area contributed by atoms with Gasteiger partial charge in [0.05, 0.1) is 9.99 Å². The zero-order valence-electron chi connectivity index (χ0n) is 9.47. The van der Waals surface area contributed by atoms with Crippen molar-refractivity contribution in [2.75, 3.05) is 5.32 Å².